The third kappa shape index (κ3) is 2.27. The summed E-state index contributed by atoms with van der Waals surface area (Å²) >= 11 is 5.88. The van der Waals surface area contributed by atoms with Crippen molar-refractivity contribution in [1.29, 1.82) is 0 Å². The zero-order chi connectivity index (χ0) is 13.4. The maximum absolute atomic E-state index is 13.2. The van der Waals surface area contributed by atoms with E-state index >= 15 is 0 Å². The van der Waals surface area contributed by atoms with Crippen molar-refractivity contribution in [1.82, 2.24) is 9.55 Å². The van der Waals surface area contributed by atoms with Crippen LogP contribution in [0.1, 0.15) is 5.56 Å². The van der Waals surface area contributed by atoms with Gasteiger partial charge in [0.05, 0.1) is 17.6 Å². The van der Waals surface area contributed by atoms with Gasteiger partial charge < -0.3 is 4.98 Å². The minimum atomic E-state index is -0.312. The van der Waals surface area contributed by atoms with Crippen molar-refractivity contribution in [3.8, 4) is 0 Å². The van der Waals surface area contributed by atoms with Crippen LogP contribution in [0.15, 0.2) is 47.3 Å². The zero-order valence-electron chi connectivity index (χ0n) is 9.86. The van der Waals surface area contributed by atoms with Crippen molar-refractivity contribution in [3.05, 3.63) is 69.4 Å². The molecule has 0 fully saturated rings. The van der Waals surface area contributed by atoms with E-state index in [-0.39, 0.29) is 11.5 Å². The van der Waals surface area contributed by atoms with E-state index in [1.807, 2.05) is 0 Å². The number of aromatic nitrogens is 2. The van der Waals surface area contributed by atoms with E-state index < -0.39 is 0 Å². The van der Waals surface area contributed by atoms with Crippen LogP contribution in [-0.2, 0) is 6.54 Å². The maximum Gasteiger partial charge on any atom is 0.326 e. The molecule has 0 atom stereocenters. The largest absolute Gasteiger partial charge is 0.326 e. The van der Waals surface area contributed by atoms with E-state index in [9.17, 15) is 9.18 Å². The molecule has 0 aliphatic rings. The van der Waals surface area contributed by atoms with Gasteiger partial charge in [0.2, 0.25) is 0 Å². The van der Waals surface area contributed by atoms with Gasteiger partial charge in [-0.05, 0) is 35.9 Å². The smallest absolute Gasteiger partial charge is 0.305 e. The molecule has 1 N–H and O–H groups in total. The van der Waals surface area contributed by atoms with Crippen molar-refractivity contribution in [3.63, 3.8) is 0 Å². The fraction of sp³-hybridized carbons (Fsp3) is 0.0714. The Bertz CT molecular complexity index is 807. The van der Waals surface area contributed by atoms with Crippen LogP contribution in [0, 0.1) is 5.82 Å². The van der Waals surface area contributed by atoms with Gasteiger partial charge in [-0.3, -0.25) is 4.57 Å². The van der Waals surface area contributed by atoms with Crippen molar-refractivity contribution < 1.29 is 4.39 Å². The second kappa shape index (κ2) is 4.55. The lowest BCUT2D eigenvalue weighted by molar-refractivity contribution is 0.623. The summed E-state index contributed by atoms with van der Waals surface area (Å²) in [6.07, 6.45) is 0. The minimum absolute atomic E-state index is 0.235. The first-order valence-corrected chi connectivity index (χ1v) is 6.14. The molecule has 3 nitrogen and oxygen atoms in total. The van der Waals surface area contributed by atoms with Gasteiger partial charge in [-0.25, -0.2) is 9.18 Å². The van der Waals surface area contributed by atoms with Crippen LogP contribution < -0.4 is 5.69 Å². The zero-order valence-corrected chi connectivity index (χ0v) is 10.6. The summed E-state index contributed by atoms with van der Waals surface area (Å²) in [5.74, 6) is -0.312. The Kier molecular flexibility index (Phi) is 2.87. The van der Waals surface area contributed by atoms with Gasteiger partial charge in [-0.15, -0.1) is 0 Å². The normalized spacial score (nSPS) is 11.1. The minimum Gasteiger partial charge on any atom is -0.305 e. The van der Waals surface area contributed by atoms with Gasteiger partial charge in [0.1, 0.15) is 5.82 Å². The van der Waals surface area contributed by atoms with Crippen LogP contribution in [0.3, 0.4) is 0 Å². The van der Waals surface area contributed by atoms with Gasteiger partial charge in [0.25, 0.3) is 0 Å². The Morgan fingerprint density at radius 3 is 2.84 bits per heavy atom. The number of rotatable bonds is 2. The van der Waals surface area contributed by atoms with Crippen LogP contribution in [0.4, 0.5) is 4.39 Å². The first kappa shape index (κ1) is 12.0. The van der Waals surface area contributed by atoms with Crippen LogP contribution >= 0.6 is 11.6 Å². The van der Waals surface area contributed by atoms with Crippen LogP contribution in [-0.4, -0.2) is 9.55 Å². The number of nitrogens with zero attached hydrogens (tertiary/aromatic N) is 1. The molecule has 2 aromatic carbocycles. The van der Waals surface area contributed by atoms with Gasteiger partial charge in [-0.2, -0.15) is 0 Å². The van der Waals surface area contributed by atoms with Gasteiger partial charge in [-0.1, -0.05) is 23.7 Å². The Morgan fingerprint density at radius 2 is 2.05 bits per heavy atom. The molecule has 0 bridgehead atoms. The molecule has 0 amide bonds. The van der Waals surface area contributed by atoms with E-state index in [1.54, 1.807) is 34.9 Å². The van der Waals surface area contributed by atoms with E-state index in [2.05, 4.69) is 4.98 Å². The molecule has 96 valence electrons. The van der Waals surface area contributed by atoms with E-state index in [0.29, 0.717) is 17.1 Å². The molecule has 1 aromatic heterocycles. The lowest BCUT2D eigenvalue weighted by Gasteiger charge is -2.04. The number of hydrogen-bond acceptors (Lipinski definition) is 1. The van der Waals surface area contributed by atoms with E-state index in [4.69, 9.17) is 11.6 Å². The Morgan fingerprint density at radius 1 is 1.21 bits per heavy atom. The second-order valence-electron chi connectivity index (χ2n) is 4.31. The summed E-state index contributed by atoms with van der Waals surface area (Å²) in [5.41, 5.74) is 1.92. The number of hydrogen-bond donors (Lipinski definition) is 1. The SMILES string of the molecule is O=c1[nH]c2cc(Cl)ccc2n1Cc1cccc(F)c1. The predicted molar refractivity (Wildman–Crippen MR) is 73.1 cm³/mol. The van der Waals surface area contributed by atoms with Crippen molar-refractivity contribution in [2.75, 3.05) is 0 Å². The highest BCUT2D eigenvalue weighted by atomic mass is 35.5. The number of nitrogens with one attached hydrogen (secondary N) is 1. The highest BCUT2D eigenvalue weighted by Gasteiger charge is 2.07. The van der Waals surface area contributed by atoms with E-state index in [1.165, 1.54) is 12.1 Å². The Hall–Kier alpha value is -2.07. The summed E-state index contributed by atoms with van der Waals surface area (Å²) in [4.78, 5) is 14.6. The first-order valence-electron chi connectivity index (χ1n) is 5.76. The lowest BCUT2D eigenvalue weighted by atomic mass is 10.2. The molecule has 0 aliphatic heterocycles. The van der Waals surface area contributed by atoms with Gasteiger partial charge in [0, 0.05) is 5.02 Å². The second-order valence-corrected chi connectivity index (χ2v) is 4.74. The average Bonchev–Trinajstić information content (AvgIpc) is 2.65. The highest BCUT2D eigenvalue weighted by Crippen LogP contribution is 2.17. The fourth-order valence-corrected chi connectivity index (χ4v) is 2.28. The summed E-state index contributed by atoms with van der Waals surface area (Å²) in [6.45, 7) is 0.318. The van der Waals surface area contributed by atoms with E-state index in [0.717, 1.165) is 11.1 Å². The van der Waals surface area contributed by atoms with Crippen molar-refractivity contribution >= 4 is 22.6 Å². The van der Waals surface area contributed by atoms with Gasteiger partial charge >= 0.3 is 5.69 Å². The molecule has 3 rings (SSSR count). The third-order valence-electron chi connectivity index (χ3n) is 2.97. The van der Waals surface area contributed by atoms with Crippen LogP contribution in [0.5, 0.6) is 0 Å². The maximum atomic E-state index is 13.2. The monoisotopic (exact) mass is 276 g/mol. The lowest BCUT2D eigenvalue weighted by Crippen LogP contribution is -2.17. The summed E-state index contributed by atoms with van der Waals surface area (Å²) in [5, 5.41) is 0.562. The average molecular weight is 277 g/mol. The summed E-state index contributed by atoms with van der Waals surface area (Å²) < 4.78 is 14.7. The number of imidazole rings is 1. The molecule has 0 aliphatic carbocycles. The first-order chi connectivity index (χ1) is 9.13. The molecular weight excluding hydrogens is 267 g/mol. The standard InChI is InChI=1S/C14H10ClFN2O/c15-10-4-5-13-12(7-10)17-14(19)18(13)8-9-2-1-3-11(16)6-9/h1-7H,8H2,(H,17,19). The molecule has 0 saturated heterocycles. The molecule has 3 aromatic rings. The summed E-state index contributed by atoms with van der Waals surface area (Å²) in [6, 6.07) is 11.4. The Labute approximate surface area is 113 Å². The Balaban J connectivity index is 2.10. The molecule has 1 heterocycles. The van der Waals surface area contributed by atoms with Crippen LogP contribution in [0.25, 0.3) is 11.0 Å². The number of aromatic amines is 1. The number of H-pyrrole nitrogens is 1. The van der Waals surface area contributed by atoms with Crippen LogP contribution in [0.2, 0.25) is 5.02 Å². The number of benzene rings is 2. The molecule has 5 heteroatoms. The molecule has 0 spiro atoms. The highest BCUT2D eigenvalue weighted by molar-refractivity contribution is 6.31. The fourth-order valence-electron chi connectivity index (χ4n) is 2.11. The van der Waals surface area contributed by atoms with Gasteiger partial charge in [0.15, 0.2) is 0 Å². The number of halogens is 2. The quantitative estimate of drug-likeness (QED) is 0.767. The molecule has 0 unspecified atom stereocenters. The third-order valence-corrected chi connectivity index (χ3v) is 3.20. The summed E-state index contributed by atoms with van der Waals surface area (Å²) in [7, 11) is 0. The number of fused-ring (bicyclic) bond motifs is 1. The molecule has 0 saturated carbocycles. The van der Waals surface area contributed by atoms with Crippen molar-refractivity contribution in [2.24, 2.45) is 0 Å². The van der Waals surface area contributed by atoms with Crippen molar-refractivity contribution in [2.45, 2.75) is 6.54 Å². The topological polar surface area (TPSA) is 37.8 Å². The molecule has 19 heavy (non-hydrogen) atoms. The molecule has 0 radical (unpaired) electrons. The predicted octanol–water partition coefficient (Wildman–Crippen LogP) is 3.17. The molecular formula is C14H10ClFN2O.